The molecule has 4 aromatic rings. The number of aromatic nitrogens is 1. The van der Waals surface area contributed by atoms with Crippen LogP contribution in [0.2, 0.25) is 5.02 Å². The molecule has 0 radical (unpaired) electrons. The molecule has 0 unspecified atom stereocenters. The molecule has 1 saturated heterocycles. The van der Waals surface area contributed by atoms with Crippen LogP contribution in [0.4, 0.5) is 5.69 Å². The first-order valence-corrected chi connectivity index (χ1v) is 13.6. The predicted molar refractivity (Wildman–Crippen MR) is 155 cm³/mol. The molecule has 4 N–H and O–H groups in total. The number of esters is 1. The molecule has 0 bridgehead atoms. The van der Waals surface area contributed by atoms with Crippen LogP contribution >= 0.6 is 11.6 Å². The van der Waals surface area contributed by atoms with Gasteiger partial charge in [-0.15, -0.1) is 0 Å². The second-order valence-corrected chi connectivity index (χ2v) is 10.8. The lowest BCUT2D eigenvalue weighted by atomic mass is 9.89. The summed E-state index contributed by atoms with van der Waals surface area (Å²) < 4.78 is 28.5. The number of aromatic amines is 1. The van der Waals surface area contributed by atoms with Crippen LogP contribution in [0, 0.1) is 6.92 Å². The summed E-state index contributed by atoms with van der Waals surface area (Å²) in [5, 5.41) is 24.2. The number of rotatable bonds is 7. The maximum Gasteiger partial charge on any atom is 0.364 e. The first-order valence-electron chi connectivity index (χ1n) is 13.2. The third-order valence-electron chi connectivity index (χ3n) is 7.04. The fourth-order valence-corrected chi connectivity index (χ4v) is 5.17. The molecule has 2 aromatic heterocycles. The van der Waals surface area contributed by atoms with Gasteiger partial charge < -0.3 is 43.9 Å². The Labute approximate surface area is 250 Å². The lowest BCUT2D eigenvalue weighted by Gasteiger charge is -2.47. The Morgan fingerprint density at radius 2 is 1.81 bits per heavy atom. The summed E-state index contributed by atoms with van der Waals surface area (Å²) >= 11 is 6.53. The number of fused-ring (bicyclic) bond motifs is 1. The monoisotopic (exact) mass is 612 g/mol. The number of halogens is 1. The van der Waals surface area contributed by atoms with Crippen LogP contribution < -0.4 is 15.7 Å². The molecule has 4 atom stereocenters. The van der Waals surface area contributed by atoms with Crippen LogP contribution in [0.1, 0.15) is 40.4 Å². The number of aliphatic hydroxyl groups is 1. The zero-order chi connectivity index (χ0) is 31.1. The maximum atomic E-state index is 12.8. The quantitative estimate of drug-likeness (QED) is 0.176. The van der Waals surface area contributed by atoms with Crippen LogP contribution in [-0.2, 0) is 14.2 Å². The van der Waals surface area contributed by atoms with Crippen molar-refractivity contribution >= 4 is 40.1 Å². The van der Waals surface area contributed by atoms with Crippen molar-refractivity contribution in [1.82, 2.24) is 4.98 Å². The van der Waals surface area contributed by atoms with E-state index in [-0.39, 0.29) is 33.0 Å². The van der Waals surface area contributed by atoms with Crippen molar-refractivity contribution in [3.8, 4) is 11.5 Å². The van der Waals surface area contributed by atoms with Crippen LogP contribution in [0.25, 0.3) is 11.0 Å². The lowest BCUT2D eigenvalue weighted by Crippen LogP contribution is -2.65. The molecule has 226 valence electrons. The average Bonchev–Trinajstić information content (AvgIpc) is 3.42. The fourth-order valence-electron chi connectivity index (χ4n) is 4.92. The number of aryl methyl sites for hydroxylation is 1. The molecular weight excluding hydrogens is 584 g/mol. The minimum Gasteiger partial charge on any atom is -0.505 e. The normalized spacial score (nSPS) is 21.3. The average molecular weight is 613 g/mol. The first-order chi connectivity index (χ1) is 20.4. The Hall–Kier alpha value is -4.36. The zero-order valence-corrected chi connectivity index (χ0v) is 24.3. The molecule has 0 saturated carbocycles. The molecule has 13 heteroatoms. The number of carbonyl (C=O) groups excluding carboxylic acids is 2. The molecule has 0 spiro atoms. The van der Waals surface area contributed by atoms with Crippen LogP contribution in [0.15, 0.2) is 63.8 Å². The highest BCUT2D eigenvalue weighted by atomic mass is 35.5. The minimum absolute atomic E-state index is 0.0123. The second kappa shape index (κ2) is 11.7. The van der Waals surface area contributed by atoms with Gasteiger partial charge >= 0.3 is 11.6 Å². The number of ether oxygens (including phenoxy) is 4. The van der Waals surface area contributed by atoms with Gasteiger partial charge in [-0.25, -0.2) is 9.59 Å². The highest BCUT2D eigenvalue weighted by molar-refractivity contribution is 6.36. The van der Waals surface area contributed by atoms with Gasteiger partial charge in [-0.3, -0.25) is 4.79 Å². The summed E-state index contributed by atoms with van der Waals surface area (Å²) in [5.74, 6) is -1.98. The molecule has 0 aliphatic carbocycles. The van der Waals surface area contributed by atoms with E-state index in [1.807, 2.05) is 0 Å². The van der Waals surface area contributed by atoms with Gasteiger partial charge in [0.15, 0.2) is 29.2 Å². The van der Waals surface area contributed by atoms with E-state index in [9.17, 15) is 24.6 Å². The summed E-state index contributed by atoms with van der Waals surface area (Å²) in [6.07, 6.45) is -5.05. The smallest absolute Gasteiger partial charge is 0.364 e. The lowest BCUT2D eigenvalue weighted by molar-refractivity contribution is -0.305. The SMILES string of the molecule is CO[C@@H]1[C@@H](OC(=O)c2ccc(C)[nH]2)[C@@H](O)[C@H](Oc2ccc3c(O)c(NC(=O)c4ccccc4)c(=O)oc3c2Cl)OC1(C)C. The highest BCUT2D eigenvalue weighted by Gasteiger charge is 2.53. The Kier molecular flexibility index (Phi) is 8.21. The number of methoxy groups -OCH3 is 1. The molecule has 12 nitrogen and oxygen atoms in total. The summed E-state index contributed by atoms with van der Waals surface area (Å²) in [7, 11) is 1.40. The van der Waals surface area contributed by atoms with Crippen molar-refractivity contribution in [2.75, 3.05) is 12.4 Å². The second-order valence-electron chi connectivity index (χ2n) is 10.5. The van der Waals surface area contributed by atoms with E-state index in [2.05, 4.69) is 10.3 Å². The molecule has 2 aromatic carbocycles. The van der Waals surface area contributed by atoms with Crippen molar-refractivity contribution < 1.29 is 43.2 Å². The van der Waals surface area contributed by atoms with Gasteiger partial charge in [0.2, 0.25) is 6.29 Å². The van der Waals surface area contributed by atoms with Crippen molar-refractivity contribution in [3.05, 3.63) is 87.0 Å². The van der Waals surface area contributed by atoms with Gasteiger partial charge in [0.1, 0.15) is 22.6 Å². The Bertz CT molecular complexity index is 1730. The molecule has 3 heterocycles. The standard InChI is InChI=1S/C30H29ClN2O10/c1-14-10-12-17(32-14)27(37)42-24-22(35)29(43-30(2,3)25(24)39-4)40-18-13-11-16-21(34)20(28(38)41-23(16)19(18)31)33-26(36)15-8-6-5-7-9-15/h5-13,22,24-25,29,32,34-35H,1-4H3,(H,33,36)/t22-,24+,25-,29-/m1/s1. The molecule has 1 amide bonds. The summed E-state index contributed by atoms with van der Waals surface area (Å²) in [4.78, 5) is 41.1. The molecule has 1 aliphatic rings. The van der Waals surface area contributed by atoms with Gasteiger partial charge in [-0.05, 0) is 57.2 Å². The van der Waals surface area contributed by atoms with Crippen LogP contribution in [0.3, 0.4) is 0 Å². The molecule has 1 aliphatic heterocycles. The van der Waals surface area contributed by atoms with E-state index >= 15 is 0 Å². The Morgan fingerprint density at radius 3 is 2.47 bits per heavy atom. The van der Waals surface area contributed by atoms with Crippen molar-refractivity contribution in [1.29, 1.82) is 0 Å². The van der Waals surface area contributed by atoms with Gasteiger partial charge in [0.25, 0.3) is 5.91 Å². The number of aliphatic hydroxyl groups excluding tert-OH is 1. The number of benzene rings is 2. The largest absolute Gasteiger partial charge is 0.505 e. The number of anilines is 1. The van der Waals surface area contributed by atoms with E-state index in [0.717, 1.165) is 5.69 Å². The predicted octanol–water partition coefficient (Wildman–Crippen LogP) is 4.16. The summed E-state index contributed by atoms with van der Waals surface area (Å²) in [6, 6.07) is 14.1. The van der Waals surface area contributed by atoms with Crippen LogP contribution in [0.5, 0.6) is 11.5 Å². The van der Waals surface area contributed by atoms with E-state index in [1.54, 1.807) is 63.2 Å². The van der Waals surface area contributed by atoms with Gasteiger partial charge in [0.05, 0.1) is 11.0 Å². The van der Waals surface area contributed by atoms with Gasteiger partial charge in [0, 0.05) is 18.4 Å². The molecule has 43 heavy (non-hydrogen) atoms. The van der Waals surface area contributed by atoms with Gasteiger partial charge in [-0.2, -0.15) is 0 Å². The summed E-state index contributed by atoms with van der Waals surface area (Å²) in [6.45, 7) is 5.13. The first kappa shape index (κ1) is 30.1. The van der Waals surface area contributed by atoms with Crippen LogP contribution in [-0.4, -0.2) is 64.4 Å². The van der Waals surface area contributed by atoms with E-state index in [1.165, 1.54) is 19.2 Å². The van der Waals surface area contributed by atoms with Crippen molar-refractivity contribution in [2.45, 2.75) is 51.0 Å². The molecule has 1 fully saturated rings. The van der Waals surface area contributed by atoms with Crippen molar-refractivity contribution in [3.63, 3.8) is 0 Å². The van der Waals surface area contributed by atoms with E-state index < -0.39 is 59.1 Å². The third kappa shape index (κ3) is 5.82. The zero-order valence-electron chi connectivity index (χ0n) is 23.5. The molecule has 5 rings (SSSR count). The number of hydrogen-bond donors (Lipinski definition) is 4. The number of aromatic hydroxyl groups is 1. The number of hydrogen-bond acceptors (Lipinski definition) is 10. The highest BCUT2D eigenvalue weighted by Crippen LogP contribution is 2.41. The number of nitrogens with one attached hydrogen (secondary N) is 2. The number of H-pyrrole nitrogens is 1. The number of carbonyl (C=O) groups is 2. The fraction of sp³-hybridized carbons (Fsp3) is 0.300. The number of amides is 1. The Morgan fingerprint density at radius 1 is 1.09 bits per heavy atom. The topological polar surface area (TPSA) is 170 Å². The summed E-state index contributed by atoms with van der Waals surface area (Å²) in [5.41, 5.74) is -1.67. The Balaban J connectivity index is 1.43. The maximum absolute atomic E-state index is 12.8. The van der Waals surface area contributed by atoms with E-state index in [4.69, 9.17) is 35.0 Å². The van der Waals surface area contributed by atoms with Crippen molar-refractivity contribution in [2.24, 2.45) is 0 Å². The van der Waals surface area contributed by atoms with Gasteiger partial charge in [-0.1, -0.05) is 29.8 Å². The third-order valence-corrected chi connectivity index (χ3v) is 7.40. The van der Waals surface area contributed by atoms with E-state index in [0.29, 0.717) is 0 Å². The minimum atomic E-state index is -1.54. The molecular formula is C30H29ClN2O10.